The van der Waals surface area contributed by atoms with Gasteiger partial charge in [-0.3, -0.25) is 4.79 Å². The third-order valence-electron chi connectivity index (χ3n) is 3.13. The number of nitrogens with two attached hydrogens (primary N) is 1. The topological polar surface area (TPSA) is 141 Å². The van der Waals surface area contributed by atoms with Gasteiger partial charge in [0.15, 0.2) is 0 Å². The van der Waals surface area contributed by atoms with E-state index in [9.17, 15) is 20.1 Å². The summed E-state index contributed by atoms with van der Waals surface area (Å²) >= 11 is 6.63. The van der Waals surface area contributed by atoms with Crippen molar-refractivity contribution in [2.45, 2.75) is 5.03 Å². The van der Waals surface area contributed by atoms with Crippen molar-refractivity contribution in [2.75, 3.05) is 11.5 Å². The molecule has 0 spiro atoms. The van der Waals surface area contributed by atoms with E-state index in [1.54, 1.807) is 24.3 Å². The summed E-state index contributed by atoms with van der Waals surface area (Å²) in [5.74, 6) is -3.14. The predicted octanol–water partition coefficient (Wildman–Crippen LogP) is 2.47. The average Bonchev–Trinajstić information content (AvgIpc) is 2.59. The Morgan fingerprint density at radius 2 is 1.80 bits per heavy atom. The normalized spacial score (nSPS) is 9.88. The molecule has 25 heavy (non-hydrogen) atoms. The number of rotatable bonds is 5. The number of ketones is 1. The molecule has 0 aliphatic rings. The maximum Gasteiger partial charge on any atom is 0.373 e. The molecule has 1 aromatic heterocycles. The molecule has 0 bridgehead atoms. The first-order valence-electron chi connectivity index (χ1n) is 6.67. The lowest BCUT2D eigenvalue weighted by molar-refractivity contribution is -0.147. The Kier molecular flexibility index (Phi) is 5.60. The van der Waals surface area contributed by atoms with E-state index in [0.717, 1.165) is 11.8 Å². The van der Waals surface area contributed by atoms with Gasteiger partial charge in [0.1, 0.15) is 28.5 Å². The first-order valence-corrected chi connectivity index (χ1v) is 8.04. The zero-order valence-electron chi connectivity index (χ0n) is 12.5. The molecule has 2 aromatic rings. The third kappa shape index (κ3) is 3.89. The van der Waals surface area contributed by atoms with Crippen LogP contribution in [0.5, 0.6) is 0 Å². The molecule has 9 heteroatoms. The number of hydrogen-bond donors (Lipinski definition) is 2. The van der Waals surface area contributed by atoms with Crippen LogP contribution in [0.15, 0.2) is 29.3 Å². The lowest BCUT2D eigenvalue weighted by Gasteiger charge is -2.12. The van der Waals surface area contributed by atoms with Gasteiger partial charge in [-0.2, -0.15) is 10.5 Å². The fourth-order valence-electron chi connectivity index (χ4n) is 2.00. The van der Waals surface area contributed by atoms with Crippen molar-refractivity contribution in [3.8, 4) is 23.3 Å². The van der Waals surface area contributed by atoms with E-state index < -0.39 is 17.5 Å². The first kappa shape index (κ1) is 18.3. The highest BCUT2D eigenvalue weighted by Gasteiger charge is 2.22. The zero-order valence-corrected chi connectivity index (χ0v) is 14.1. The number of thioether (sulfide) groups is 1. The molecule has 0 aliphatic heterocycles. The van der Waals surface area contributed by atoms with Gasteiger partial charge >= 0.3 is 5.97 Å². The molecule has 0 unspecified atom stereocenters. The number of Topliss-reactive ketones (excluding diaryl/α,β-unsaturated/α-hetero) is 1. The van der Waals surface area contributed by atoms with Crippen LogP contribution < -0.4 is 5.73 Å². The molecule has 0 atom stereocenters. The summed E-state index contributed by atoms with van der Waals surface area (Å²) in [6.07, 6.45) is 0. The predicted molar refractivity (Wildman–Crippen MR) is 91.9 cm³/mol. The zero-order chi connectivity index (χ0) is 18.6. The van der Waals surface area contributed by atoms with Crippen LogP contribution in [0.25, 0.3) is 11.1 Å². The van der Waals surface area contributed by atoms with Gasteiger partial charge in [-0.15, -0.1) is 0 Å². The quantitative estimate of drug-likeness (QED) is 0.602. The number of pyridine rings is 1. The molecule has 124 valence electrons. The summed E-state index contributed by atoms with van der Waals surface area (Å²) in [4.78, 5) is 25.9. The van der Waals surface area contributed by atoms with E-state index >= 15 is 0 Å². The molecule has 0 amide bonds. The van der Waals surface area contributed by atoms with Crippen molar-refractivity contribution in [3.63, 3.8) is 0 Å². The highest BCUT2D eigenvalue weighted by molar-refractivity contribution is 8.00. The Bertz CT molecular complexity index is 946. The van der Waals surface area contributed by atoms with Crippen LogP contribution in [0, 0.1) is 22.7 Å². The molecule has 0 fully saturated rings. The number of nitrogen functional groups attached to an aromatic ring is 1. The SMILES string of the molecule is N#Cc1c(N)nc(SCC(=O)C(=O)O)c(C#N)c1-c1ccc(Cl)cc1. The van der Waals surface area contributed by atoms with Gasteiger partial charge in [-0.25, -0.2) is 9.78 Å². The highest BCUT2D eigenvalue weighted by Crippen LogP contribution is 2.35. The molecule has 0 saturated carbocycles. The Hall–Kier alpha value is -3.07. The van der Waals surface area contributed by atoms with Crippen LogP contribution in [0.1, 0.15) is 11.1 Å². The Labute approximate surface area is 151 Å². The number of carboxylic acid groups (broad SMARTS) is 1. The minimum Gasteiger partial charge on any atom is -0.475 e. The molecule has 2 rings (SSSR count). The standard InChI is InChI=1S/C16H9ClN4O3S/c17-9-3-1-8(2-4-9)13-10(5-18)14(20)21-15(11(13)6-19)25-7-12(22)16(23)24/h1-4H,7H2,(H2,20,21)(H,23,24). The molecule has 0 saturated heterocycles. The van der Waals surface area contributed by atoms with Crippen LogP contribution in [-0.2, 0) is 9.59 Å². The maximum atomic E-state index is 11.3. The van der Waals surface area contributed by atoms with E-state index in [-0.39, 0.29) is 27.5 Å². The Morgan fingerprint density at radius 3 is 2.32 bits per heavy atom. The van der Waals surface area contributed by atoms with Gasteiger partial charge in [-0.1, -0.05) is 35.5 Å². The summed E-state index contributed by atoms with van der Waals surface area (Å²) in [5.41, 5.74) is 6.65. The minimum absolute atomic E-state index is 0.0211. The van der Waals surface area contributed by atoms with Crippen molar-refractivity contribution in [2.24, 2.45) is 0 Å². The highest BCUT2D eigenvalue weighted by atomic mass is 35.5. The summed E-state index contributed by atoms with van der Waals surface area (Å²) in [5, 5.41) is 28.1. The summed E-state index contributed by atoms with van der Waals surface area (Å²) in [7, 11) is 0. The number of carbonyl (C=O) groups is 2. The van der Waals surface area contributed by atoms with E-state index in [4.69, 9.17) is 22.4 Å². The van der Waals surface area contributed by atoms with E-state index in [2.05, 4.69) is 4.98 Å². The summed E-state index contributed by atoms with van der Waals surface area (Å²) in [6.45, 7) is 0. The molecule has 1 aromatic carbocycles. The van der Waals surface area contributed by atoms with E-state index in [1.165, 1.54) is 0 Å². The van der Waals surface area contributed by atoms with Gasteiger partial charge in [0, 0.05) is 10.6 Å². The molecule has 0 aliphatic carbocycles. The monoisotopic (exact) mass is 372 g/mol. The van der Waals surface area contributed by atoms with Crippen LogP contribution >= 0.6 is 23.4 Å². The van der Waals surface area contributed by atoms with Gasteiger partial charge in [0.25, 0.3) is 0 Å². The number of carboxylic acids is 1. The molecule has 3 N–H and O–H groups in total. The summed E-state index contributed by atoms with van der Waals surface area (Å²) < 4.78 is 0. The van der Waals surface area contributed by atoms with Crippen molar-refractivity contribution >= 4 is 40.9 Å². The van der Waals surface area contributed by atoms with Crippen molar-refractivity contribution < 1.29 is 14.7 Å². The number of anilines is 1. The second kappa shape index (κ2) is 7.67. The van der Waals surface area contributed by atoms with Crippen molar-refractivity contribution in [1.82, 2.24) is 4.98 Å². The number of carbonyl (C=O) groups excluding carboxylic acids is 1. The smallest absolute Gasteiger partial charge is 0.373 e. The molecule has 0 radical (unpaired) electrons. The largest absolute Gasteiger partial charge is 0.475 e. The maximum absolute atomic E-state index is 11.3. The molecular formula is C16H9ClN4O3S. The van der Waals surface area contributed by atoms with Gasteiger partial charge in [0.05, 0.1) is 11.3 Å². The van der Waals surface area contributed by atoms with Crippen LogP contribution in [0.2, 0.25) is 5.02 Å². The van der Waals surface area contributed by atoms with Gasteiger partial charge < -0.3 is 10.8 Å². The lowest BCUT2D eigenvalue weighted by atomic mass is 9.97. The fourth-order valence-corrected chi connectivity index (χ4v) is 2.98. The van der Waals surface area contributed by atoms with Gasteiger partial charge in [0.2, 0.25) is 5.78 Å². The lowest BCUT2D eigenvalue weighted by Crippen LogP contribution is -2.15. The van der Waals surface area contributed by atoms with Crippen molar-refractivity contribution in [3.05, 3.63) is 40.4 Å². The van der Waals surface area contributed by atoms with Crippen LogP contribution in [0.3, 0.4) is 0 Å². The number of nitrogens with zero attached hydrogens (tertiary/aromatic N) is 3. The first-order chi connectivity index (χ1) is 11.9. The Balaban J connectivity index is 2.62. The van der Waals surface area contributed by atoms with Crippen LogP contribution in [0.4, 0.5) is 5.82 Å². The number of nitriles is 2. The fraction of sp³-hybridized carbons (Fsp3) is 0.0625. The average molecular weight is 373 g/mol. The Morgan fingerprint density at radius 1 is 1.20 bits per heavy atom. The minimum atomic E-state index is -1.58. The summed E-state index contributed by atoms with van der Waals surface area (Å²) in [6, 6.07) is 10.3. The number of halogens is 1. The van der Waals surface area contributed by atoms with Gasteiger partial charge in [-0.05, 0) is 17.7 Å². The van der Waals surface area contributed by atoms with Crippen molar-refractivity contribution in [1.29, 1.82) is 10.5 Å². The molecule has 7 nitrogen and oxygen atoms in total. The molecule has 1 heterocycles. The number of hydrogen-bond acceptors (Lipinski definition) is 7. The number of aliphatic carboxylic acids is 1. The second-order valence-corrected chi connectivity index (χ2v) is 6.08. The van der Waals surface area contributed by atoms with E-state index in [0.29, 0.717) is 10.6 Å². The van der Waals surface area contributed by atoms with E-state index in [1.807, 2.05) is 12.1 Å². The van der Waals surface area contributed by atoms with Crippen LogP contribution in [-0.4, -0.2) is 27.6 Å². The third-order valence-corrected chi connectivity index (χ3v) is 4.35. The molecular weight excluding hydrogens is 364 g/mol. The number of benzene rings is 1. The number of aromatic nitrogens is 1. The second-order valence-electron chi connectivity index (χ2n) is 4.67.